The molecule has 2 atom stereocenters. The molecule has 2 amide bonds. The van der Waals surface area contributed by atoms with Crippen LogP contribution in [0, 0.1) is 5.41 Å². The standard InChI is InChI=1S/C18H24N2O4/c1-2-24-14-6-3-5-13(11-14)16(22)20-10-7-15(21)18(12-20)8-4-9-19-17(18)23/h3,5-6,11,15,21H,2,4,7-10,12H2,1H3,(H,19,23)/t15-,18-/m1/s1. The molecule has 130 valence electrons. The lowest BCUT2D eigenvalue weighted by atomic mass is 9.71. The van der Waals surface area contributed by atoms with Gasteiger partial charge in [-0.15, -0.1) is 0 Å². The molecule has 1 aromatic carbocycles. The fraction of sp³-hybridized carbons (Fsp3) is 0.556. The number of amides is 2. The SMILES string of the molecule is CCOc1cccc(C(=O)N2CC[C@@H](O)[C@@]3(CCCNC3=O)C2)c1. The highest BCUT2D eigenvalue weighted by molar-refractivity contribution is 5.95. The van der Waals surface area contributed by atoms with E-state index in [4.69, 9.17) is 4.74 Å². The lowest BCUT2D eigenvalue weighted by molar-refractivity contribution is -0.147. The van der Waals surface area contributed by atoms with E-state index in [-0.39, 0.29) is 18.4 Å². The van der Waals surface area contributed by atoms with E-state index in [1.54, 1.807) is 23.1 Å². The van der Waals surface area contributed by atoms with Gasteiger partial charge in [-0.2, -0.15) is 0 Å². The first-order chi connectivity index (χ1) is 11.6. The van der Waals surface area contributed by atoms with Gasteiger partial charge in [-0.25, -0.2) is 0 Å². The molecule has 0 unspecified atom stereocenters. The second-order valence-corrected chi connectivity index (χ2v) is 6.51. The van der Waals surface area contributed by atoms with Crippen molar-refractivity contribution in [3.8, 4) is 5.75 Å². The first-order valence-corrected chi connectivity index (χ1v) is 8.55. The van der Waals surface area contributed by atoms with Gasteiger partial charge in [0, 0.05) is 25.2 Å². The van der Waals surface area contributed by atoms with Crippen molar-refractivity contribution in [3.63, 3.8) is 0 Å². The van der Waals surface area contributed by atoms with Crippen LogP contribution in [0.15, 0.2) is 24.3 Å². The number of carbonyl (C=O) groups is 2. The third-order valence-corrected chi connectivity index (χ3v) is 5.00. The Labute approximate surface area is 141 Å². The maximum absolute atomic E-state index is 12.9. The molecule has 1 aromatic rings. The predicted molar refractivity (Wildman–Crippen MR) is 88.8 cm³/mol. The first-order valence-electron chi connectivity index (χ1n) is 8.55. The van der Waals surface area contributed by atoms with Crippen molar-refractivity contribution in [2.24, 2.45) is 5.41 Å². The molecular formula is C18H24N2O4. The maximum atomic E-state index is 12.9. The molecule has 0 saturated carbocycles. The normalized spacial score (nSPS) is 27.0. The molecular weight excluding hydrogens is 308 g/mol. The fourth-order valence-corrected chi connectivity index (χ4v) is 3.69. The highest BCUT2D eigenvalue weighted by atomic mass is 16.5. The molecule has 2 fully saturated rings. The van der Waals surface area contributed by atoms with Crippen molar-refractivity contribution >= 4 is 11.8 Å². The molecule has 1 spiro atoms. The van der Waals surface area contributed by atoms with E-state index in [2.05, 4.69) is 5.32 Å². The van der Waals surface area contributed by atoms with E-state index in [0.29, 0.717) is 43.9 Å². The highest BCUT2D eigenvalue weighted by Gasteiger charge is 2.50. The molecule has 24 heavy (non-hydrogen) atoms. The summed E-state index contributed by atoms with van der Waals surface area (Å²) in [6.45, 7) is 3.78. The topological polar surface area (TPSA) is 78.9 Å². The number of aliphatic hydroxyl groups excluding tert-OH is 1. The van der Waals surface area contributed by atoms with Crippen LogP contribution in [0.5, 0.6) is 5.75 Å². The summed E-state index contributed by atoms with van der Waals surface area (Å²) in [6, 6.07) is 7.09. The molecule has 2 aliphatic heterocycles. The Balaban J connectivity index is 1.80. The van der Waals surface area contributed by atoms with Crippen molar-refractivity contribution in [1.29, 1.82) is 0 Å². The molecule has 6 heteroatoms. The summed E-state index contributed by atoms with van der Waals surface area (Å²) >= 11 is 0. The summed E-state index contributed by atoms with van der Waals surface area (Å²) < 4.78 is 5.45. The molecule has 2 heterocycles. The van der Waals surface area contributed by atoms with Crippen LogP contribution in [0.3, 0.4) is 0 Å². The minimum absolute atomic E-state index is 0.124. The van der Waals surface area contributed by atoms with Gasteiger partial charge in [-0.05, 0) is 44.4 Å². The Hall–Kier alpha value is -2.08. The summed E-state index contributed by atoms with van der Waals surface area (Å²) in [7, 11) is 0. The Morgan fingerprint density at radius 2 is 2.33 bits per heavy atom. The van der Waals surface area contributed by atoms with Gasteiger partial charge in [0.05, 0.1) is 18.1 Å². The molecule has 2 saturated heterocycles. The number of hydrogen-bond donors (Lipinski definition) is 2. The van der Waals surface area contributed by atoms with Gasteiger partial charge in [0.1, 0.15) is 5.75 Å². The monoisotopic (exact) mass is 332 g/mol. The lowest BCUT2D eigenvalue weighted by Crippen LogP contribution is -2.62. The van der Waals surface area contributed by atoms with Crippen LogP contribution in [0.1, 0.15) is 36.5 Å². The average Bonchev–Trinajstić information content (AvgIpc) is 2.60. The molecule has 0 aliphatic carbocycles. The van der Waals surface area contributed by atoms with Crippen LogP contribution < -0.4 is 10.1 Å². The van der Waals surface area contributed by atoms with Gasteiger partial charge < -0.3 is 20.1 Å². The second-order valence-electron chi connectivity index (χ2n) is 6.51. The smallest absolute Gasteiger partial charge is 0.254 e. The van der Waals surface area contributed by atoms with Gasteiger partial charge in [-0.1, -0.05) is 6.07 Å². The number of benzene rings is 1. The maximum Gasteiger partial charge on any atom is 0.254 e. The van der Waals surface area contributed by atoms with Gasteiger partial charge in [0.15, 0.2) is 0 Å². The summed E-state index contributed by atoms with van der Waals surface area (Å²) in [4.78, 5) is 26.9. The van der Waals surface area contributed by atoms with Crippen LogP contribution in [0.25, 0.3) is 0 Å². The van der Waals surface area contributed by atoms with Crippen molar-refractivity contribution in [2.75, 3.05) is 26.2 Å². The summed E-state index contributed by atoms with van der Waals surface area (Å²) in [6.07, 6.45) is 1.16. The average molecular weight is 332 g/mol. The summed E-state index contributed by atoms with van der Waals surface area (Å²) in [5.74, 6) is 0.397. The number of rotatable bonds is 3. The Morgan fingerprint density at radius 3 is 3.08 bits per heavy atom. The van der Waals surface area contributed by atoms with E-state index in [9.17, 15) is 14.7 Å². The van der Waals surface area contributed by atoms with E-state index in [1.165, 1.54) is 0 Å². The van der Waals surface area contributed by atoms with Crippen LogP contribution >= 0.6 is 0 Å². The Morgan fingerprint density at radius 1 is 1.50 bits per heavy atom. The minimum atomic E-state index is -0.871. The van der Waals surface area contributed by atoms with Crippen LogP contribution in [0.2, 0.25) is 0 Å². The molecule has 0 aromatic heterocycles. The summed E-state index contributed by atoms with van der Waals surface area (Å²) in [5.41, 5.74) is -0.326. The number of carbonyl (C=O) groups excluding carboxylic acids is 2. The van der Waals surface area contributed by atoms with Crippen LogP contribution in [-0.2, 0) is 4.79 Å². The molecule has 3 rings (SSSR count). The van der Waals surface area contributed by atoms with Crippen LogP contribution in [-0.4, -0.2) is 54.2 Å². The molecule has 2 N–H and O–H groups in total. The highest BCUT2D eigenvalue weighted by Crippen LogP contribution is 2.37. The van der Waals surface area contributed by atoms with Gasteiger partial charge in [0.2, 0.25) is 5.91 Å². The number of hydrogen-bond acceptors (Lipinski definition) is 4. The zero-order valence-corrected chi connectivity index (χ0v) is 14.0. The van der Waals surface area contributed by atoms with E-state index in [0.717, 1.165) is 6.42 Å². The van der Waals surface area contributed by atoms with Gasteiger partial charge >= 0.3 is 0 Å². The third kappa shape index (κ3) is 2.98. The summed E-state index contributed by atoms with van der Waals surface area (Å²) in [5, 5.41) is 13.3. The quantitative estimate of drug-likeness (QED) is 0.871. The fourth-order valence-electron chi connectivity index (χ4n) is 3.69. The largest absolute Gasteiger partial charge is 0.494 e. The zero-order chi connectivity index (χ0) is 17.2. The predicted octanol–water partition coefficient (Wildman–Crippen LogP) is 1.19. The number of ether oxygens (including phenoxy) is 1. The van der Waals surface area contributed by atoms with Crippen molar-refractivity contribution < 1.29 is 19.4 Å². The van der Waals surface area contributed by atoms with Crippen molar-refractivity contribution in [1.82, 2.24) is 10.2 Å². The van der Waals surface area contributed by atoms with Crippen molar-refractivity contribution in [3.05, 3.63) is 29.8 Å². The number of aliphatic hydroxyl groups is 1. The van der Waals surface area contributed by atoms with Gasteiger partial charge in [0.25, 0.3) is 5.91 Å². The number of piperidine rings is 2. The molecule has 2 aliphatic rings. The number of likely N-dealkylation sites (tertiary alicyclic amines) is 1. The van der Waals surface area contributed by atoms with E-state index >= 15 is 0 Å². The van der Waals surface area contributed by atoms with E-state index < -0.39 is 11.5 Å². The minimum Gasteiger partial charge on any atom is -0.494 e. The Kier molecular flexibility index (Phi) is 4.76. The third-order valence-electron chi connectivity index (χ3n) is 5.00. The first kappa shape index (κ1) is 16.8. The second kappa shape index (κ2) is 6.81. The molecule has 0 radical (unpaired) electrons. The Bertz CT molecular complexity index is 633. The molecule has 6 nitrogen and oxygen atoms in total. The van der Waals surface area contributed by atoms with Crippen LogP contribution in [0.4, 0.5) is 0 Å². The van der Waals surface area contributed by atoms with Crippen molar-refractivity contribution in [2.45, 2.75) is 32.3 Å². The lowest BCUT2D eigenvalue weighted by Gasteiger charge is -2.46. The van der Waals surface area contributed by atoms with E-state index in [1.807, 2.05) is 13.0 Å². The molecule has 0 bridgehead atoms. The number of nitrogens with one attached hydrogen (secondary N) is 1. The van der Waals surface area contributed by atoms with Gasteiger partial charge in [-0.3, -0.25) is 9.59 Å². The zero-order valence-electron chi connectivity index (χ0n) is 14.0. The number of nitrogens with zero attached hydrogens (tertiary/aromatic N) is 1.